The van der Waals surface area contributed by atoms with Crippen LogP contribution in [-0.2, 0) is 0 Å². The minimum absolute atomic E-state index is 0.182. The third-order valence-electron chi connectivity index (χ3n) is 3.19. The predicted octanol–water partition coefficient (Wildman–Crippen LogP) is 3.40. The molecule has 2 amide bonds. The number of hydrogen-bond acceptors (Lipinski definition) is 2. The van der Waals surface area contributed by atoms with Crippen molar-refractivity contribution in [2.45, 2.75) is 38.6 Å². The van der Waals surface area contributed by atoms with Crippen LogP contribution in [0, 0.1) is 6.92 Å². The van der Waals surface area contributed by atoms with Crippen LogP contribution in [0.5, 0.6) is 0 Å². The second-order valence-electron chi connectivity index (χ2n) is 4.79. The van der Waals surface area contributed by atoms with E-state index < -0.39 is 0 Å². The number of nitrogens with two attached hydrogens (primary N) is 1. The molecule has 0 unspecified atom stereocenters. The van der Waals surface area contributed by atoms with Crippen molar-refractivity contribution in [1.82, 2.24) is 5.32 Å². The Morgan fingerprint density at radius 1 is 1.39 bits per heavy atom. The van der Waals surface area contributed by atoms with Gasteiger partial charge in [0.25, 0.3) is 0 Å². The summed E-state index contributed by atoms with van der Waals surface area (Å²) in [6, 6.07) is 3.89. The van der Waals surface area contributed by atoms with Gasteiger partial charge in [0, 0.05) is 10.5 Å². The minimum atomic E-state index is -0.182. The van der Waals surface area contributed by atoms with E-state index in [2.05, 4.69) is 26.6 Å². The van der Waals surface area contributed by atoms with Crippen LogP contribution in [0.25, 0.3) is 0 Å². The Kier molecular flexibility index (Phi) is 4.11. The summed E-state index contributed by atoms with van der Waals surface area (Å²) in [5.74, 6) is 0. The molecule has 0 aliphatic heterocycles. The normalized spacial score (nSPS) is 15.7. The maximum Gasteiger partial charge on any atom is 0.319 e. The number of anilines is 2. The molecule has 4 nitrogen and oxygen atoms in total. The molecular weight excluding hydrogens is 294 g/mol. The van der Waals surface area contributed by atoms with Crippen LogP contribution in [0.2, 0.25) is 0 Å². The number of nitrogen functional groups attached to an aromatic ring is 1. The molecule has 0 spiro atoms. The zero-order valence-corrected chi connectivity index (χ0v) is 12.0. The summed E-state index contributed by atoms with van der Waals surface area (Å²) in [6.45, 7) is 1.96. The van der Waals surface area contributed by atoms with E-state index in [4.69, 9.17) is 5.73 Å². The van der Waals surface area contributed by atoms with Crippen molar-refractivity contribution < 1.29 is 4.79 Å². The molecule has 0 bridgehead atoms. The summed E-state index contributed by atoms with van der Waals surface area (Å²) in [4.78, 5) is 11.9. The van der Waals surface area contributed by atoms with Crippen molar-refractivity contribution >= 4 is 33.3 Å². The maximum absolute atomic E-state index is 11.9. The number of rotatable bonds is 2. The summed E-state index contributed by atoms with van der Waals surface area (Å²) in [5.41, 5.74) is 8.17. The largest absolute Gasteiger partial charge is 0.397 e. The molecular formula is C13H18BrN3O. The van der Waals surface area contributed by atoms with Gasteiger partial charge in [0.15, 0.2) is 0 Å². The molecule has 2 rings (SSSR count). The zero-order chi connectivity index (χ0) is 13.1. The Labute approximate surface area is 115 Å². The lowest BCUT2D eigenvalue weighted by Gasteiger charge is -2.15. The SMILES string of the molecule is Cc1cc(N)c(NC(=O)NC2CCCC2)c(Br)c1. The highest BCUT2D eigenvalue weighted by molar-refractivity contribution is 9.10. The van der Waals surface area contributed by atoms with E-state index in [1.807, 2.05) is 19.1 Å². The van der Waals surface area contributed by atoms with Crippen LogP contribution in [0.15, 0.2) is 16.6 Å². The van der Waals surface area contributed by atoms with Gasteiger partial charge in [-0.05, 0) is 53.4 Å². The van der Waals surface area contributed by atoms with E-state index in [-0.39, 0.29) is 6.03 Å². The first-order valence-electron chi connectivity index (χ1n) is 6.19. The first kappa shape index (κ1) is 13.2. The number of nitrogens with one attached hydrogen (secondary N) is 2. The lowest BCUT2D eigenvalue weighted by molar-refractivity contribution is 0.248. The number of amides is 2. The van der Waals surface area contributed by atoms with E-state index >= 15 is 0 Å². The lowest BCUT2D eigenvalue weighted by atomic mass is 10.2. The highest BCUT2D eigenvalue weighted by Crippen LogP contribution is 2.30. The number of aryl methyl sites for hydroxylation is 1. The van der Waals surface area contributed by atoms with Crippen LogP contribution < -0.4 is 16.4 Å². The van der Waals surface area contributed by atoms with Crippen LogP contribution >= 0.6 is 15.9 Å². The highest BCUT2D eigenvalue weighted by Gasteiger charge is 2.18. The fourth-order valence-electron chi connectivity index (χ4n) is 2.31. The van der Waals surface area contributed by atoms with Crippen molar-refractivity contribution in [2.75, 3.05) is 11.1 Å². The number of halogens is 1. The standard InChI is InChI=1S/C13H18BrN3O/c1-8-6-10(14)12(11(15)7-8)17-13(18)16-9-4-2-3-5-9/h6-7,9H,2-5,15H2,1H3,(H2,16,17,18). The molecule has 5 heteroatoms. The molecule has 0 saturated heterocycles. The Bertz CT molecular complexity index is 433. The highest BCUT2D eigenvalue weighted by atomic mass is 79.9. The Balaban J connectivity index is 2.02. The third-order valence-corrected chi connectivity index (χ3v) is 3.82. The topological polar surface area (TPSA) is 67.1 Å². The molecule has 18 heavy (non-hydrogen) atoms. The predicted molar refractivity (Wildman–Crippen MR) is 77.7 cm³/mol. The van der Waals surface area contributed by atoms with Crippen molar-refractivity contribution in [3.63, 3.8) is 0 Å². The first-order valence-corrected chi connectivity index (χ1v) is 6.98. The smallest absolute Gasteiger partial charge is 0.319 e. The van der Waals surface area contributed by atoms with Crippen molar-refractivity contribution in [1.29, 1.82) is 0 Å². The van der Waals surface area contributed by atoms with Gasteiger partial charge in [-0.1, -0.05) is 12.8 Å². The van der Waals surface area contributed by atoms with Gasteiger partial charge in [-0.2, -0.15) is 0 Å². The first-order chi connectivity index (χ1) is 8.56. The van der Waals surface area contributed by atoms with E-state index in [0.29, 0.717) is 17.4 Å². The fourth-order valence-corrected chi connectivity index (χ4v) is 3.00. The van der Waals surface area contributed by atoms with Gasteiger partial charge in [-0.15, -0.1) is 0 Å². The Morgan fingerprint density at radius 3 is 2.67 bits per heavy atom. The van der Waals surface area contributed by atoms with E-state index in [9.17, 15) is 4.79 Å². The monoisotopic (exact) mass is 311 g/mol. The molecule has 1 aromatic rings. The molecule has 4 N–H and O–H groups in total. The summed E-state index contributed by atoms with van der Waals surface area (Å²) < 4.78 is 0.807. The number of hydrogen-bond donors (Lipinski definition) is 3. The summed E-state index contributed by atoms with van der Waals surface area (Å²) in [6.07, 6.45) is 4.53. The van der Waals surface area contributed by atoms with E-state index in [1.165, 1.54) is 12.8 Å². The minimum Gasteiger partial charge on any atom is -0.397 e. The molecule has 1 saturated carbocycles. The van der Waals surface area contributed by atoms with Gasteiger partial charge < -0.3 is 16.4 Å². The van der Waals surface area contributed by atoms with Crippen molar-refractivity contribution in [3.05, 3.63) is 22.2 Å². The summed E-state index contributed by atoms with van der Waals surface area (Å²) in [7, 11) is 0. The lowest BCUT2D eigenvalue weighted by Crippen LogP contribution is -2.36. The fraction of sp³-hybridized carbons (Fsp3) is 0.462. The number of carbonyl (C=O) groups is 1. The average molecular weight is 312 g/mol. The molecule has 1 aromatic carbocycles. The number of urea groups is 1. The van der Waals surface area contributed by atoms with Gasteiger partial charge in [0.1, 0.15) is 0 Å². The molecule has 0 atom stereocenters. The zero-order valence-electron chi connectivity index (χ0n) is 10.4. The summed E-state index contributed by atoms with van der Waals surface area (Å²) in [5, 5.41) is 5.78. The van der Waals surface area contributed by atoms with Gasteiger partial charge in [0.05, 0.1) is 11.4 Å². The molecule has 1 fully saturated rings. The number of benzene rings is 1. The molecule has 1 aliphatic rings. The number of carbonyl (C=O) groups excluding carboxylic acids is 1. The maximum atomic E-state index is 11.9. The van der Waals surface area contributed by atoms with Gasteiger partial charge in [-0.25, -0.2) is 4.79 Å². The molecule has 0 aromatic heterocycles. The second kappa shape index (κ2) is 5.61. The molecule has 0 heterocycles. The van der Waals surface area contributed by atoms with E-state index in [1.54, 1.807) is 0 Å². The van der Waals surface area contributed by atoms with Gasteiger partial charge in [0.2, 0.25) is 0 Å². The van der Waals surface area contributed by atoms with Crippen LogP contribution in [0.3, 0.4) is 0 Å². The molecule has 98 valence electrons. The van der Waals surface area contributed by atoms with Gasteiger partial charge in [-0.3, -0.25) is 0 Å². The third kappa shape index (κ3) is 3.16. The van der Waals surface area contributed by atoms with Gasteiger partial charge >= 0.3 is 6.03 Å². The average Bonchev–Trinajstić information content (AvgIpc) is 2.76. The Morgan fingerprint density at radius 2 is 2.06 bits per heavy atom. The van der Waals surface area contributed by atoms with Crippen LogP contribution in [0.4, 0.5) is 16.2 Å². The quantitative estimate of drug-likeness (QED) is 0.733. The molecule has 1 aliphatic carbocycles. The Hall–Kier alpha value is -1.23. The van der Waals surface area contributed by atoms with Crippen molar-refractivity contribution in [2.24, 2.45) is 0 Å². The van der Waals surface area contributed by atoms with Crippen molar-refractivity contribution in [3.8, 4) is 0 Å². The van der Waals surface area contributed by atoms with E-state index in [0.717, 1.165) is 22.9 Å². The van der Waals surface area contributed by atoms with Crippen LogP contribution in [0.1, 0.15) is 31.2 Å². The van der Waals surface area contributed by atoms with Crippen LogP contribution in [-0.4, -0.2) is 12.1 Å². The summed E-state index contributed by atoms with van der Waals surface area (Å²) >= 11 is 3.42. The molecule has 0 radical (unpaired) electrons. The second-order valence-corrected chi connectivity index (χ2v) is 5.65.